The smallest absolute Gasteiger partial charge is 0.212 e. The highest BCUT2D eigenvalue weighted by molar-refractivity contribution is 5.30. The lowest BCUT2D eigenvalue weighted by atomic mass is 9.98. The summed E-state index contributed by atoms with van der Waals surface area (Å²) >= 11 is 0. The number of hydrogen-bond donors (Lipinski definition) is 1. The van der Waals surface area contributed by atoms with Gasteiger partial charge in [-0.05, 0) is 48.9 Å². The van der Waals surface area contributed by atoms with Crippen LogP contribution < -0.4 is 10.5 Å². The van der Waals surface area contributed by atoms with Crippen LogP contribution in [0.4, 0.5) is 0 Å². The summed E-state index contributed by atoms with van der Waals surface area (Å²) in [5.41, 5.74) is 11.3. The Hall–Kier alpha value is -1.87. The molecule has 0 saturated heterocycles. The maximum absolute atomic E-state index is 6.24. The fourth-order valence-corrected chi connectivity index (χ4v) is 2.26. The molecule has 0 aliphatic carbocycles. The summed E-state index contributed by atoms with van der Waals surface area (Å²) < 4.78 is 5.05. The molecule has 106 valence electrons. The fraction of sp³-hybridized carbons (Fsp3) is 0.353. The van der Waals surface area contributed by atoms with Crippen molar-refractivity contribution >= 4 is 0 Å². The fourth-order valence-electron chi connectivity index (χ4n) is 2.26. The van der Waals surface area contributed by atoms with Crippen molar-refractivity contribution in [3.05, 3.63) is 58.8 Å². The van der Waals surface area contributed by atoms with E-state index in [-0.39, 0.29) is 6.04 Å². The lowest BCUT2D eigenvalue weighted by molar-refractivity contribution is 0.397. The normalized spacial score (nSPS) is 12.2. The number of rotatable bonds is 5. The molecular weight excluding hydrogens is 248 g/mol. The summed E-state index contributed by atoms with van der Waals surface area (Å²) in [4.78, 5) is 4.21. The molecule has 2 N–H and O–H groups in total. The number of pyridine rings is 1. The molecular formula is C17H22N2O. The average Bonchev–Trinajstić information content (AvgIpc) is 2.44. The van der Waals surface area contributed by atoms with E-state index in [9.17, 15) is 0 Å². The number of methoxy groups -OCH3 is 1. The van der Waals surface area contributed by atoms with Gasteiger partial charge in [-0.3, -0.25) is 0 Å². The summed E-state index contributed by atoms with van der Waals surface area (Å²) in [5, 5.41) is 0. The van der Waals surface area contributed by atoms with Gasteiger partial charge in [-0.15, -0.1) is 0 Å². The molecule has 0 saturated carbocycles. The second kappa shape index (κ2) is 6.53. The Morgan fingerprint density at radius 1 is 1.05 bits per heavy atom. The molecule has 0 spiro atoms. The van der Waals surface area contributed by atoms with Crippen LogP contribution in [0.1, 0.15) is 22.3 Å². The zero-order valence-corrected chi connectivity index (χ0v) is 12.4. The van der Waals surface area contributed by atoms with E-state index >= 15 is 0 Å². The Morgan fingerprint density at radius 2 is 1.75 bits per heavy atom. The lowest BCUT2D eigenvalue weighted by Gasteiger charge is -2.13. The molecule has 0 aliphatic heterocycles. The standard InChI is InChI=1S/C17H22N2O/c1-12-4-5-14(8-13(12)2)9-16(18)10-15-6-7-17(20-3)19-11-15/h4-8,11,16H,9-10,18H2,1-3H3. The predicted octanol–water partition coefficient (Wildman–Crippen LogP) is 2.82. The van der Waals surface area contributed by atoms with Crippen LogP contribution >= 0.6 is 0 Å². The first kappa shape index (κ1) is 14.5. The van der Waals surface area contributed by atoms with Crippen LogP contribution in [-0.2, 0) is 12.8 Å². The molecule has 0 bridgehead atoms. The van der Waals surface area contributed by atoms with Crippen LogP contribution in [0.15, 0.2) is 36.5 Å². The average molecular weight is 270 g/mol. The third-order valence-corrected chi connectivity index (χ3v) is 3.57. The predicted molar refractivity (Wildman–Crippen MR) is 82.1 cm³/mol. The van der Waals surface area contributed by atoms with E-state index < -0.39 is 0 Å². The quantitative estimate of drug-likeness (QED) is 0.909. The first-order chi connectivity index (χ1) is 9.58. The number of aromatic nitrogens is 1. The maximum Gasteiger partial charge on any atom is 0.212 e. The number of hydrogen-bond acceptors (Lipinski definition) is 3. The molecule has 1 heterocycles. The zero-order chi connectivity index (χ0) is 14.5. The van der Waals surface area contributed by atoms with Gasteiger partial charge in [0.2, 0.25) is 5.88 Å². The molecule has 1 atom stereocenters. The van der Waals surface area contributed by atoms with Crippen molar-refractivity contribution in [2.45, 2.75) is 32.7 Å². The molecule has 0 radical (unpaired) electrons. The minimum Gasteiger partial charge on any atom is -0.481 e. The highest BCUT2D eigenvalue weighted by atomic mass is 16.5. The van der Waals surface area contributed by atoms with E-state index in [1.807, 2.05) is 18.3 Å². The van der Waals surface area contributed by atoms with Crippen LogP contribution in [0, 0.1) is 13.8 Å². The molecule has 0 aliphatic rings. The Labute approximate surface area is 120 Å². The van der Waals surface area contributed by atoms with Crippen molar-refractivity contribution in [3.63, 3.8) is 0 Å². The van der Waals surface area contributed by atoms with E-state index in [2.05, 4.69) is 37.0 Å². The zero-order valence-electron chi connectivity index (χ0n) is 12.4. The van der Waals surface area contributed by atoms with Gasteiger partial charge < -0.3 is 10.5 Å². The topological polar surface area (TPSA) is 48.1 Å². The van der Waals surface area contributed by atoms with Crippen molar-refractivity contribution < 1.29 is 4.74 Å². The molecule has 2 aromatic rings. The molecule has 3 nitrogen and oxygen atoms in total. The van der Waals surface area contributed by atoms with Gasteiger partial charge in [0.15, 0.2) is 0 Å². The van der Waals surface area contributed by atoms with Gasteiger partial charge in [-0.25, -0.2) is 4.98 Å². The molecule has 2 rings (SSSR count). The molecule has 1 aromatic carbocycles. The monoisotopic (exact) mass is 270 g/mol. The van der Waals surface area contributed by atoms with Gasteiger partial charge in [0.05, 0.1) is 7.11 Å². The molecule has 3 heteroatoms. The lowest BCUT2D eigenvalue weighted by Crippen LogP contribution is -2.25. The summed E-state index contributed by atoms with van der Waals surface area (Å²) in [7, 11) is 1.62. The number of nitrogens with two attached hydrogens (primary N) is 1. The second-order valence-electron chi connectivity index (χ2n) is 5.30. The van der Waals surface area contributed by atoms with Gasteiger partial charge in [0.25, 0.3) is 0 Å². The van der Waals surface area contributed by atoms with E-state index in [4.69, 9.17) is 10.5 Å². The second-order valence-corrected chi connectivity index (χ2v) is 5.30. The molecule has 0 fully saturated rings. The van der Waals surface area contributed by atoms with Crippen LogP contribution in [-0.4, -0.2) is 18.1 Å². The van der Waals surface area contributed by atoms with Gasteiger partial charge in [0.1, 0.15) is 0 Å². The van der Waals surface area contributed by atoms with E-state index in [0.717, 1.165) is 18.4 Å². The first-order valence-electron chi connectivity index (χ1n) is 6.89. The third-order valence-electron chi connectivity index (χ3n) is 3.57. The van der Waals surface area contributed by atoms with Crippen molar-refractivity contribution in [2.24, 2.45) is 5.73 Å². The number of ether oxygens (including phenoxy) is 1. The summed E-state index contributed by atoms with van der Waals surface area (Å²) in [6.45, 7) is 4.26. The van der Waals surface area contributed by atoms with E-state index in [1.165, 1.54) is 16.7 Å². The Morgan fingerprint density at radius 3 is 2.35 bits per heavy atom. The van der Waals surface area contributed by atoms with Crippen molar-refractivity contribution in [2.75, 3.05) is 7.11 Å². The minimum atomic E-state index is 0.104. The maximum atomic E-state index is 6.24. The molecule has 20 heavy (non-hydrogen) atoms. The van der Waals surface area contributed by atoms with Crippen LogP contribution in [0.2, 0.25) is 0 Å². The molecule has 1 unspecified atom stereocenters. The highest BCUT2D eigenvalue weighted by Crippen LogP contribution is 2.13. The number of nitrogens with zero attached hydrogens (tertiary/aromatic N) is 1. The van der Waals surface area contributed by atoms with Crippen LogP contribution in [0.25, 0.3) is 0 Å². The van der Waals surface area contributed by atoms with Crippen molar-refractivity contribution in [3.8, 4) is 5.88 Å². The van der Waals surface area contributed by atoms with Gasteiger partial charge in [-0.1, -0.05) is 24.3 Å². The van der Waals surface area contributed by atoms with Crippen LogP contribution in [0.5, 0.6) is 5.88 Å². The first-order valence-corrected chi connectivity index (χ1v) is 6.89. The highest BCUT2D eigenvalue weighted by Gasteiger charge is 2.07. The SMILES string of the molecule is COc1ccc(CC(N)Cc2ccc(C)c(C)c2)cn1. The van der Waals surface area contributed by atoms with Gasteiger partial charge >= 0.3 is 0 Å². The summed E-state index contributed by atoms with van der Waals surface area (Å²) in [6, 6.07) is 10.5. The Bertz CT molecular complexity index is 564. The van der Waals surface area contributed by atoms with Gasteiger partial charge in [-0.2, -0.15) is 0 Å². The summed E-state index contributed by atoms with van der Waals surface area (Å²) in [6.07, 6.45) is 3.54. The number of benzene rings is 1. The number of aryl methyl sites for hydroxylation is 2. The molecule has 0 amide bonds. The molecule has 1 aromatic heterocycles. The third kappa shape index (κ3) is 3.81. The Balaban J connectivity index is 1.97. The van der Waals surface area contributed by atoms with Crippen molar-refractivity contribution in [1.82, 2.24) is 4.98 Å². The van der Waals surface area contributed by atoms with Crippen molar-refractivity contribution in [1.29, 1.82) is 0 Å². The summed E-state index contributed by atoms with van der Waals surface area (Å²) in [5.74, 6) is 0.636. The van der Waals surface area contributed by atoms with Gasteiger partial charge in [0, 0.05) is 18.3 Å². The van der Waals surface area contributed by atoms with E-state index in [0.29, 0.717) is 5.88 Å². The van der Waals surface area contributed by atoms with E-state index in [1.54, 1.807) is 7.11 Å². The minimum absolute atomic E-state index is 0.104. The van der Waals surface area contributed by atoms with Crippen LogP contribution in [0.3, 0.4) is 0 Å². The Kier molecular flexibility index (Phi) is 4.74. The largest absolute Gasteiger partial charge is 0.481 e.